The van der Waals surface area contributed by atoms with E-state index in [0.29, 0.717) is 0 Å². The molecule has 2 aromatic heterocycles. The lowest BCUT2D eigenvalue weighted by molar-refractivity contribution is -0.384. The number of rotatable bonds is 2. The number of aryl methyl sites for hydroxylation is 2. The second-order valence-corrected chi connectivity index (χ2v) is 4.73. The smallest absolute Gasteiger partial charge is 0.353 e. The normalized spacial score (nSPS) is 11.0. The molecule has 0 spiro atoms. The first-order chi connectivity index (χ1) is 9.99. The molecule has 0 saturated carbocycles. The molecule has 0 aliphatic carbocycles. The van der Waals surface area contributed by atoms with E-state index in [1.165, 1.54) is 12.7 Å². The lowest BCUT2D eigenvalue weighted by Gasteiger charge is -2.06. The van der Waals surface area contributed by atoms with Gasteiger partial charge in [-0.1, -0.05) is 0 Å². The highest BCUT2D eigenvalue weighted by Gasteiger charge is 2.23. The Hall–Kier alpha value is -3.03. The summed E-state index contributed by atoms with van der Waals surface area (Å²) >= 11 is 0. The monoisotopic (exact) mass is 284 g/mol. The number of imidazole rings is 1. The molecular formula is C13H12N6O2. The quantitative estimate of drug-likeness (QED) is 0.568. The number of hydrogen-bond acceptors (Lipinski definition) is 6. The van der Waals surface area contributed by atoms with Gasteiger partial charge in [0.1, 0.15) is 12.7 Å². The van der Waals surface area contributed by atoms with Crippen LogP contribution in [0.2, 0.25) is 0 Å². The largest absolute Gasteiger partial charge is 0.378 e. The Morgan fingerprint density at radius 3 is 2.62 bits per heavy atom. The summed E-state index contributed by atoms with van der Waals surface area (Å²) in [5, 5.41) is 11.2. The van der Waals surface area contributed by atoms with Crippen LogP contribution in [0.15, 0.2) is 24.8 Å². The summed E-state index contributed by atoms with van der Waals surface area (Å²) in [5.41, 5.74) is 8.92. The molecular weight excluding hydrogens is 272 g/mol. The van der Waals surface area contributed by atoms with Gasteiger partial charge in [-0.05, 0) is 37.1 Å². The number of hydrogen-bond donors (Lipinski definition) is 1. The van der Waals surface area contributed by atoms with Gasteiger partial charge >= 0.3 is 5.69 Å². The number of anilines is 1. The first-order valence-electron chi connectivity index (χ1n) is 6.18. The fourth-order valence-corrected chi connectivity index (χ4v) is 2.17. The molecule has 2 N–H and O–H groups in total. The van der Waals surface area contributed by atoms with E-state index in [-0.39, 0.29) is 17.3 Å². The van der Waals surface area contributed by atoms with Crippen molar-refractivity contribution in [2.45, 2.75) is 13.8 Å². The van der Waals surface area contributed by atoms with E-state index in [1.807, 2.05) is 26.0 Å². The maximum Gasteiger partial charge on any atom is 0.353 e. The van der Waals surface area contributed by atoms with Gasteiger partial charge in [0.25, 0.3) is 0 Å². The van der Waals surface area contributed by atoms with Crippen molar-refractivity contribution in [3.05, 3.63) is 46.0 Å². The molecule has 21 heavy (non-hydrogen) atoms. The SMILES string of the molecule is Cc1cc2ncn(-c3ncnc(N)c3[N+](=O)[O-])c2cc1C. The number of nitrogens with zero attached hydrogens (tertiary/aromatic N) is 5. The van der Waals surface area contributed by atoms with E-state index in [9.17, 15) is 10.1 Å². The molecule has 106 valence electrons. The number of aromatic nitrogens is 4. The van der Waals surface area contributed by atoms with E-state index in [1.54, 1.807) is 4.57 Å². The molecule has 0 aliphatic heterocycles. The molecule has 8 nitrogen and oxygen atoms in total. The third-order valence-corrected chi connectivity index (χ3v) is 3.40. The predicted molar refractivity (Wildman–Crippen MR) is 77.2 cm³/mol. The van der Waals surface area contributed by atoms with Gasteiger partial charge in [-0.3, -0.25) is 14.7 Å². The van der Waals surface area contributed by atoms with E-state index in [2.05, 4.69) is 15.0 Å². The number of benzene rings is 1. The molecule has 3 rings (SSSR count). The van der Waals surface area contributed by atoms with Crippen LogP contribution in [0.25, 0.3) is 16.9 Å². The summed E-state index contributed by atoms with van der Waals surface area (Å²) in [6, 6.07) is 3.84. The Labute approximate surface area is 119 Å². The van der Waals surface area contributed by atoms with Gasteiger partial charge in [-0.2, -0.15) is 0 Å². The van der Waals surface area contributed by atoms with Crippen molar-refractivity contribution in [2.24, 2.45) is 0 Å². The van der Waals surface area contributed by atoms with Crippen molar-refractivity contribution in [1.29, 1.82) is 0 Å². The van der Waals surface area contributed by atoms with Gasteiger partial charge in [-0.25, -0.2) is 15.0 Å². The van der Waals surface area contributed by atoms with Crippen molar-refractivity contribution in [1.82, 2.24) is 19.5 Å². The zero-order valence-electron chi connectivity index (χ0n) is 11.4. The Balaban J connectivity index is 2.34. The number of nitrogen functional groups attached to an aromatic ring is 1. The lowest BCUT2D eigenvalue weighted by atomic mass is 10.1. The average Bonchev–Trinajstić information content (AvgIpc) is 2.81. The van der Waals surface area contributed by atoms with Crippen molar-refractivity contribution >= 4 is 22.5 Å². The fourth-order valence-electron chi connectivity index (χ4n) is 2.17. The summed E-state index contributed by atoms with van der Waals surface area (Å²) in [4.78, 5) is 22.6. The van der Waals surface area contributed by atoms with Crippen molar-refractivity contribution < 1.29 is 4.92 Å². The number of nitrogens with two attached hydrogens (primary N) is 1. The molecule has 0 atom stereocenters. The van der Waals surface area contributed by atoms with Crippen LogP contribution in [-0.2, 0) is 0 Å². The highest BCUT2D eigenvalue weighted by molar-refractivity contribution is 5.80. The van der Waals surface area contributed by atoms with Crippen LogP contribution in [0.5, 0.6) is 0 Å². The summed E-state index contributed by atoms with van der Waals surface area (Å²) in [7, 11) is 0. The molecule has 8 heteroatoms. The van der Waals surface area contributed by atoms with E-state index < -0.39 is 4.92 Å². The number of nitro groups is 1. The first kappa shape index (κ1) is 13.0. The highest BCUT2D eigenvalue weighted by Crippen LogP contribution is 2.28. The van der Waals surface area contributed by atoms with Gasteiger partial charge in [-0.15, -0.1) is 0 Å². The predicted octanol–water partition coefficient (Wildman–Crippen LogP) is 1.92. The molecule has 0 saturated heterocycles. The van der Waals surface area contributed by atoms with Crippen LogP contribution in [0.1, 0.15) is 11.1 Å². The van der Waals surface area contributed by atoms with Crippen LogP contribution < -0.4 is 5.73 Å². The summed E-state index contributed by atoms with van der Waals surface area (Å²) in [5.74, 6) is -0.0612. The highest BCUT2D eigenvalue weighted by atomic mass is 16.6. The maximum absolute atomic E-state index is 11.2. The van der Waals surface area contributed by atoms with Crippen molar-refractivity contribution in [3.63, 3.8) is 0 Å². The minimum atomic E-state index is -0.586. The average molecular weight is 284 g/mol. The van der Waals surface area contributed by atoms with E-state index in [4.69, 9.17) is 5.73 Å². The van der Waals surface area contributed by atoms with Crippen LogP contribution >= 0.6 is 0 Å². The van der Waals surface area contributed by atoms with E-state index >= 15 is 0 Å². The van der Waals surface area contributed by atoms with Crippen molar-refractivity contribution in [2.75, 3.05) is 5.73 Å². The van der Waals surface area contributed by atoms with Crippen molar-refractivity contribution in [3.8, 4) is 5.82 Å². The minimum Gasteiger partial charge on any atom is -0.378 e. The zero-order valence-corrected chi connectivity index (χ0v) is 11.4. The number of fused-ring (bicyclic) bond motifs is 1. The van der Waals surface area contributed by atoms with Gasteiger partial charge in [0.05, 0.1) is 16.0 Å². The third kappa shape index (κ3) is 1.97. The summed E-state index contributed by atoms with van der Waals surface area (Å²) < 4.78 is 1.55. The first-order valence-corrected chi connectivity index (χ1v) is 6.18. The Bertz CT molecular complexity index is 870. The standard InChI is InChI=1S/C13H12N6O2/c1-7-3-9-10(4-8(7)2)18(6-17-9)13-11(19(20)21)12(14)15-5-16-13/h3-6H,1-2H3,(H2,14,15,16). The van der Waals surface area contributed by atoms with Crippen LogP contribution in [0.3, 0.4) is 0 Å². The summed E-state index contributed by atoms with van der Waals surface area (Å²) in [6.07, 6.45) is 2.70. The lowest BCUT2D eigenvalue weighted by Crippen LogP contribution is -2.07. The third-order valence-electron chi connectivity index (χ3n) is 3.40. The van der Waals surface area contributed by atoms with Gasteiger partial charge in [0.15, 0.2) is 0 Å². The molecule has 0 radical (unpaired) electrons. The minimum absolute atomic E-state index is 0.109. The molecule has 0 amide bonds. The van der Waals surface area contributed by atoms with Gasteiger partial charge in [0.2, 0.25) is 11.6 Å². The summed E-state index contributed by atoms with van der Waals surface area (Å²) in [6.45, 7) is 3.95. The molecule has 2 heterocycles. The van der Waals surface area contributed by atoms with Gasteiger partial charge in [0, 0.05) is 0 Å². The second kappa shape index (κ2) is 4.51. The van der Waals surface area contributed by atoms with Crippen LogP contribution in [0, 0.1) is 24.0 Å². The van der Waals surface area contributed by atoms with Gasteiger partial charge < -0.3 is 5.73 Å². The van der Waals surface area contributed by atoms with E-state index in [0.717, 1.165) is 22.2 Å². The Morgan fingerprint density at radius 1 is 1.19 bits per heavy atom. The van der Waals surface area contributed by atoms with Crippen LogP contribution in [-0.4, -0.2) is 24.4 Å². The zero-order chi connectivity index (χ0) is 15.1. The Kier molecular flexibility index (Phi) is 2.79. The molecule has 0 unspecified atom stereocenters. The topological polar surface area (TPSA) is 113 Å². The molecule has 0 aliphatic rings. The molecule has 1 aromatic carbocycles. The maximum atomic E-state index is 11.2. The Morgan fingerprint density at radius 2 is 1.90 bits per heavy atom. The molecule has 0 bridgehead atoms. The molecule has 0 fully saturated rings. The second-order valence-electron chi connectivity index (χ2n) is 4.73. The van der Waals surface area contributed by atoms with Crippen LogP contribution in [0.4, 0.5) is 11.5 Å². The fraction of sp³-hybridized carbons (Fsp3) is 0.154. The molecule has 3 aromatic rings.